The van der Waals surface area contributed by atoms with E-state index in [1.54, 1.807) is 18.2 Å². The quantitative estimate of drug-likeness (QED) is 0.489. The molecule has 2 amide bonds. The summed E-state index contributed by atoms with van der Waals surface area (Å²) in [6.45, 7) is 3.71. The molecule has 0 unspecified atom stereocenters. The first-order valence-corrected chi connectivity index (χ1v) is 9.62. The number of furan rings is 2. The van der Waals surface area contributed by atoms with Crippen LogP contribution in [0.5, 0.6) is 5.75 Å². The lowest BCUT2D eigenvalue weighted by atomic mass is 10.0. The first-order chi connectivity index (χ1) is 14.5. The van der Waals surface area contributed by atoms with E-state index in [1.807, 2.05) is 44.2 Å². The molecule has 0 radical (unpaired) electrons. The van der Waals surface area contributed by atoms with Crippen LogP contribution in [-0.4, -0.2) is 25.0 Å². The summed E-state index contributed by atoms with van der Waals surface area (Å²) in [4.78, 5) is 25.3. The smallest absolute Gasteiger partial charge is 0.287 e. The number of para-hydroxylation sites is 1. The molecule has 0 bridgehead atoms. The molecule has 154 valence electrons. The second-order valence-electron chi connectivity index (χ2n) is 7.31. The van der Waals surface area contributed by atoms with E-state index in [1.165, 1.54) is 13.4 Å². The van der Waals surface area contributed by atoms with Gasteiger partial charge in [-0.05, 0) is 30.2 Å². The molecule has 1 atom stereocenters. The Hall–Kier alpha value is -3.74. The van der Waals surface area contributed by atoms with Gasteiger partial charge in [0.1, 0.15) is 23.0 Å². The van der Waals surface area contributed by atoms with Crippen LogP contribution in [0.25, 0.3) is 21.9 Å². The van der Waals surface area contributed by atoms with E-state index in [0.29, 0.717) is 17.0 Å². The molecular formula is C23H22N2O5. The normalized spacial score (nSPS) is 12.3. The summed E-state index contributed by atoms with van der Waals surface area (Å²) in [5, 5.41) is 7.45. The Morgan fingerprint density at radius 3 is 2.50 bits per heavy atom. The van der Waals surface area contributed by atoms with Gasteiger partial charge in [-0.3, -0.25) is 9.59 Å². The Labute approximate surface area is 173 Å². The Morgan fingerprint density at radius 2 is 1.80 bits per heavy atom. The molecule has 7 heteroatoms. The van der Waals surface area contributed by atoms with Crippen molar-refractivity contribution in [3.8, 4) is 5.75 Å². The zero-order chi connectivity index (χ0) is 21.3. The number of ether oxygens (including phenoxy) is 1. The van der Waals surface area contributed by atoms with Crippen molar-refractivity contribution in [3.05, 3.63) is 60.6 Å². The lowest BCUT2D eigenvalue weighted by Crippen LogP contribution is -2.47. The van der Waals surface area contributed by atoms with E-state index in [9.17, 15) is 9.59 Å². The third kappa shape index (κ3) is 3.61. The molecule has 4 rings (SSSR count). The SMILES string of the molecule is COc1cc2c(cc1NC(=O)[C@@H](NC(=O)c1ccco1)C(C)C)oc1ccccc12. The number of carbonyl (C=O) groups excluding carboxylic acids is 2. The Kier molecular flexibility index (Phi) is 5.18. The summed E-state index contributed by atoms with van der Waals surface area (Å²) in [6, 6.07) is 13.7. The van der Waals surface area contributed by atoms with Crippen LogP contribution in [0.1, 0.15) is 24.4 Å². The molecule has 0 spiro atoms. The van der Waals surface area contributed by atoms with Gasteiger partial charge in [0.25, 0.3) is 5.91 Å². The van der Waals surface area contributed by atoms with Crippen LogP contribution in [-0.2, 0) is 4.79 Å². The molecule has 0 saturated carbocycles. The van der Waals surface area contributed by atoms with Gasteiger partial charge in [0.05, 0.1) is 19.1 Å². The molecule has 7 nitrogen and oxygen atoms in total. The van der Waals surface area contributed by atoms with Gasteiger partial charge >= 0.3 is 0 Å². The van der Waals surface area contributed by atoms with E-state index in [-0.39, 0.29) is 17.6 Å². The van der Waals surface area contributed by atoms with Crippen LogP contribution in [0.3, 0.4) is 0 Å². The number of nitrogens with one attached hydrogen (secondary N) is 2. The number of hydrogen-bond acceptors (Lipinski definition) is 5. The summed E-state index contributed by atoms with van der Waals surface area (Å²) in [5.41, 5.74) is 1.85. The lowest BCUT2D eigenvalue weighted by molar-refractivity contribution is -0.118. The van der Waals surface area contributed by atoms with Crippen molar-refractivity contribution in [1.82, 2.24) is 5.32 Å². The van der Waals surface area contributed by atoms with Crippen molar-refractivity contribution in [2.45, 2.75) is 19.9 Å². The van der Waals surface area contributed by atoms with Gasteiger partial charge in [0.2, 0.25) is 5.91 Å². The average molecular weight is 406 g/mol. The fraction of sp³-hybridized carbons (Fsp3) is 0.217. The van der Waals surface area contributed by atoms with Gasteiger partial charge in [0.15, 0.2) is 5.76 Å². The van der Waals surface area contributed by atoms with Crippen LogP contribution < -0.4 is 15.4 Å². The first kappa shape index (κ1) is 19.6. The largest absolute Gasteiger partial charge is 0.495 e. The van der Waals surface area contributed by atoms with E-state index in [0.717, 1.165) is 16.4 Å². The van der Waals surface area contributed by atoms with Crippen molar-refractivity contribution >= 4 is 39.4 Å². The van der Waals surface area contributed by atoms with Crippen LogP contribution in [0.4, 0.5) is 5.69 Å². The Balaban J connectivity index is 1.63. The predicted molar refractivity (Wildman–Crippen MR) is 114 cm³/mol. The topological polar surface area (TPSA) is 93.7 Å². The molecule has 30 heavy (non-hydrogen) atoms. The zero-order valence-corrected chi connectivity index (χ0v) is 16.9. The van der Waals surface area contributed by atoms with Crippen LogP contribution in [0.15, 0.2) is 63.6 Å². The highest BCUT2D eigenvalue weighted by Gasteiger charge is 2.26. The Morgan fingerprint density at radius 1 is 1.00 bits per heavy atom. The van der Waals surface area contributed by atoms with E-state index in [2.05, 4.69) is 10.6 Å². The van der Waals surface area contributed by atoms with E-state index >= 15 is 0 Å². The average Bonchev–Trinajstić information content (AvgIpc) is 3.38. The standard InChI is InChI=1S/C23H22N2O5/c1-13(2)21(25-22(26)18-9-6-10-29-18)23(27)24-16-12-19-15(11-20(16)28-3)14-7-4-5-8-17(14)30-19/h4-13,21H,1-3H3,(H,24,27)(H,25,26)/t21-/m0/s1. The van der Waals surface area contributed by atoms with Crippen LogP contribution in [0.2, 0.25) is 0 Å². The van der Waals surface area contributed by atoms with Gasteiger partial charge in [0, 0.05) is 16.8 Å². The van der Waals surface area contributed by atoms with Crippen molar-refractivity contribution < 1.29 is 23.2 Å². The number of anilines is 1. The predicted octanol–water partition coefficient (Wildman–Crippen LogP) is 4.58. The summed E-state index contributed by atoms with van der Waals surface area (Å²) in [7, 11) is 1.54. The van der Waals surface area contributed by atoms with Gasteiger partial charge in [-0.1, -0.05) is 32.0 Å². The van der Waals surface area contributed by atoms with Crippen molar-refractivity contribution in [1.29, 1.82) is 0 Å². The molecule has 2 aromatic carbocycles. The van der Waals surface area contributed by atoms with Gasteiger partial charge in [-0.2, -0.15) is 0 Å². The second kappa shape index (κ2) is 7.94. The molecule has 2 aromatic heterocycles. The fourth-order valence-corrected chi connectivity index (χ4v) is 3.38. The molecule has 0 aliphatic heterocycles. The number of benzene rings is 2. The highest BCUT2D eigenvalue weighted by molar-refractivity contribution is 6.08. The maximum Gasteiger partial charge on any atom is 0.287 e. The lowest BCUT2D eigenvalue weighted by Gasteiger charge is -2.22. The van der Waals surface area contributed by atoms with Crippen LogP contribution >= 0.6 is 0 Å². The number of hydrogen-bond donors (Lipinski definition) is 2. The summed E-state index contributed by atoms with van der Waals surface area (Å²) < 4.78 is 16.5. The van der Waals surface area contributed by atoms with Gasteiger partial charge in [-0.15, -0.1) is 0 Å². The van der Waals surface area contributed by atoms with E-state index in [4.69, 9.17) is 13.6 Å². The molecule has 4 aromatic rings. The second-order valence-corrected chi connectivity index (χ2v) is 7.31. The third-order valence-corrected chi connectivity index (χ3v) is 4.94. The first-order valence-electron chi connectivity index (χ1n) is 9.62. The number of rotatable bonds is 6. The molecule has 2 N–H and O–H groups in total. The summed E-state index contributed by atoms with van der Waals surface area (Å²) >= 11 is 0. The Bertz CT molecular complexity index is 1210. The molecule has 0 aliphatic rings. The van der Waals surface area contributed by atoms with Gasteiger partial charge in [-0.25, -0.2) is 0 Å². The molecule has 0 saturated heterocycles. The maximum atomic E-state index is 13.0. The van der Waals surface area contributed by atoms with Crippen molar-refractivity contribution in [2.75, 3.05) is 12.4 Å². The van der Waals surface area contributed by atoms with Crippen molar-refractivity contribution in [3.63, 3.8) is 0 Å². The highest BCUT2D eigenvalue weighted by atomic mass is 16.5. The molecule has 2 heterocycles. The molecule has 0 aliphatic carbocycles. The number of carbonyl (C=O) groups is 2. The maximum absolute atomic E-state index is 13.0. The van der Waals surface area contributed by atoms with Crippen LogP contribution in [0, 0.1) is 5.92 Å². The van der Waals surface area contributed by atoms with Gasteiger partial charge < -0.3 is 24.2 Å². The fourth-order valence-electron chi connectivity index (χ4n) is 3.38. The molecular weight excluding hydrogens is 384 g/mol. The minimum absolute atomic E-state index is 0.148. The summed E-state index contributed by atoms with van der Waals surface area (Å²) in [6.07, 6.45) is 1.41. The van der Waals surface area contributed by atoms with E-state index < -0.39 is 11.9 Å². The minimum atomic E-state index is -0.765. The minimum Gasteiger partial charge on any atom is -0.495 e. The zero-order valence-electron chi connectivity index (χ0n) is 16.9. The van der Waals surface area contributed by atoms with Crippen molar-refractivity contribution in [2.24, 2.45) is 5.92 Å². The highest BCUT2D eigenvalue weighted by Crippen LogP contribution is 2.36. The summed E-state index contributed by atoms with van der Waals surface area (Å²) in [5.74, 6) is -0.311. The monoisotopic (exact) mass is 406 g/mol. The molecule has 0 fully saturated rings. The third-order valence-electron chi connectivity index (χ3n) is 4.94. The number of methoxy groups -OCH3 is 1. The number of fused-ring (bicyclic) bond motifs is 3. The number of amides is 2.